The highest BCUT2D eigenvalue weighted by molar-refractivity contribution is 5.77. The number of morpholine rings is 1. The van der Waals surface area contributed by atoms with Crippen molar-refractivity contribution < 1.29 is 9.53 Å². The molecule has 0 radical (unpaired) electrons. The first-order valence-electron chi connectivity index (χ1n) is 6.92. The first-order valence-corrected chi connectivity index (χ1v) is 6.92. The monoisotopic (exact) mass is 255 g/mol. The summed E-state index contributed by atoms with van der Waals surface area (Å²) in [6.07, 6.45) is 2.88. The minimum atomic E-state index is 0.200. The van der Waals surface area contributed by atoms with Gasteiger partial charge in [-0.15, -0.1) is 0 Å². The number of hydrogen-bond acceptors (Lipinski definition) is 4. The molecular weight excluding hydrogens is 230 g/mol. The van der Waals surface area contributed by atoms with Gasteiger partial charge in [-0.2, -0.15) is 0 Å². The highest BCUT2D eigenvalue weighted by Crippen LogP contribution is 2.15. The maximum absolute atomic E-state index is 12.2. The minimum Gasteiger partial charge on any atom is -0.378 e. The van der Waals surface area contributed by atoms with E-state index in [0.717, 1.165) is 32.7 Å². The zero-order valence-electron chi connectivity index (χ0n) is 11.5. The van der Waals surface area contributed by atoms with Crippen molar-refractivity contribution in [3.05, 3.63) is 0 Å². The van der Waals surface area contributed by atoms with Crippen molar-refractivity contribution in [2.45, 2.75) is 31.3 Å². The maximum atomic E-state index is 12.2. The number of carbonyl (C=O) groups excluding carboxylic acids is 1. The molecule has 18 heavy (non-hydrogen) atoms. The van der Waals surface area contributed by atoms with Crippen molar-refractivity contribution in [2.75, 3.05) is 46.9 Å². The molecule has 0 bridgehead atoms. The van der Waals surface area contributed by atoms with Gasteiger partial charge in [-0.3, -0.25) is 4.79 Å². The average Bonchev–Trinajstić information content (AvgIpc) is 2.40. The lowest BCUT2D eigenvalue weighted by Crippen LogP contribution is -2.50. The molecule has 2 aliphatic rings. The van der Waals surface area contributed by atoms with E-state index >= 15 is 0 Å². The zero-order chi connectivity index (χ0) is 13.0. The van der Waals surface area contributed by atoms with Crippen LogP contribution in [0.25, 0.3) is 0 Å². The SMILES string of the molecule is CN(C)C1CCCN(C(=O)CC2COCCN2)C1. The van der Waals surface area contributed by atoms with Gasteiger partial charge in [0.05, 0.1) is 13.2 Å². The Hall–Kier alpha value is -0.650. The van der Waals surface area contributed by atoms with Crippen LogP contribution in [-0.4, -0.2) is 74.7 Å². The van der Waals surface area contributed by atoms with E-state index in [4.69, 9.17) is 4.74 Å². The summed E-state index contributed by atoms with van der Waals surface area (Å²) in [5.74, 6) is 0.268. The van der Waals surface area contributed by atoms with Crippen molar-refractivity contribution in [3.63, 3.8) is 0 Å². The molecule has 2 fully saturated rings. The third-order valence-electron chi connectivity index (χ3n) is 3.90. The van der Waals surface area contributed by atoms with Crippen molar-refractivity contribution in [2.24, 2.45) is 0 Å². The number of piperidine rings is 1. The summed E-state index contributed by atoms with van der Waals surface area (Å²) in [6.45, 7) is 4.07. The highest BCUT2D eigenvalue weighted by Gasteiger charge is 2.26. The van der Waals surface area contributed by atoms with E-state index in [1.807, 2.05) is 4.90 Å². The molecule has 0 aromatic carbocycles. The van der Waals surface area contributed by atoms with Crippen LogP contribution in [0.1, 0.15) is 19.3 Å². The predicted octanol–water partition coefficient (Wildman–Crippen LogP) is -0.0825. The Morgan fingerprint density at radius 3 is 3.00 bits per heavy atom. The molecule has 2 unspecified atom stereocenters. The molecule has 0 saturated carbocycles. The van der Waals surface area contributed by atoms with Gasteiger partial charge in [0.15, 0.2) is 0 Å². The van der Waals surface area contributed by atoms with Gasteiger partial charge in [0.2, 0.25) is 5.91 Å². The summed E-state index contributed by atoms with van der Waals surface area (Å²) >= 11 is 0. The fourth-order valence-electron chi connectivity index (χ4n) is 2.69. The summed E-state index contributed by atoms with van der Waals surface area (Å²) in [6, 6.07) is 0.712. The first kappa shape index (κ1) is 13.8. The van der Waals surface area contributed by atoms with Crippen LogP contribution in [0.2, 0.25) is 0 Å². The third-order valence-corrected chi connectivity index (χ3v) is 3.90. The lowest BCUT2D eigenvalue weighted by Gasteiger charge is -2.37. The average molecular weight is 255 g/mol. The van der Waals surface area contributed by atoms with Crippen LogP contribution in [0.15, 0.2) is 0 Å². The van der Waals surface area contributed by atoms with Crippen molar-refractivity contribution in [1.29, 1.82) is 0 Å². The summed E-state index contributed by atoms with van der Waals surface area (Å²) in [5.41, 5.74) is 0. The smallest absolute Gasteiger partial charge is 0.224 e. The molecule has 104 valence electrons. The number of carbonyl (C=O) groups is 1. The number of ether oxygens (including phenoxy) is 1. The van der Waals surface area contributed by atoms with E-state index in [-0.39, 0.29) is 11.9 Å². The van der Waals surface area contributed by atoms with Crippen LogP contribution in [0.3, 0.4) is 0 Å². The van der Waals surface area contributed by atoms with Gasteiger partial charge < -0.3 is 19.9 Å². The minimum absolute atomic E-state index is 0.200. The Morgan fingerprint density at radius 2 is 2.33 bits per heavy atom. The number of likely N-dealkylation sites (N-methyl/N-ethyl adjacent to an activating group) is 1. The molecule has 2 aliphatic heterocycles. The number of nitrogens with zero attached hydrogens (tertiary/aromatic N) is 2. The summed E-state index contributed by atoms with van der Waals surface area (Å²) < 4.78 is 5.39. The van der Waals surface area contributed by atoms with E-state index in [1.165, 1.54) is 6.42 Å². The number of nitrogens with one attached hydrogen (secondary N) is 1. The van der Waals surface area contributed by atoms with Crippen LogP contribution in [-0.2, 0) is 9.53 Å². The Balaban J connectivity index is 1.80. The molecule has 0 aromatic rings. The van der Waals surface area contributed by atoms with Crippen LogP contribution in [0, 0.1) is 0 Å². The molecular formula is C13H25N3O2. The van der Waals surface area contributed by atoms with Crippen molar-refractivity contribution in [1.82, 2.24) is 15.1 Å². The molecule has 1 N–H and O–H groups in total. The largest absolute Gasteiger partial charge is 0.378 e. The molecule has 2 saturated heterocycles. The Kier molecular flexibility index (Phi) is 4.97. The summed E-state index contributed by atoms with van der Waals surface area (Å²) in [7, 11) is 4.18. The lowest BCUT2D eigenvalue weighted by atomic mass is 10.0. The molecule has 5 nitrogen and oxygen atoms in total. The maximum Gasteiger partial charge on any atom is 0.224 e. The van der Waals surface area contributed by atoms with Gasteiger partial charge >= 0.3 is 0 Å². The Morgan fingerprint density at radius 1 is 1.50 bits per heavy atom. The molecule has 2 atom stereocenters. The van der Waals surface area contributed by atoms with Crippen molar-refractivity contribution >= 4 is 5.91 Å². The standard InChI is InChI=1S/C13H25N3O2/c1-15(2)12-4-3-6-16(9-12)13(17)8-11-10-18-7-5-14-11/h11-12,14H,3-10H2,1-2H3. The third kappa shape index (κ3) is 3.67. The zero-order valence-corrected chi connectivity index (χ0v) is 11.5. The van der Waals surface area contributed by atoms with E-state index < -0.39 is 0 Å². The highest BCUT2D eigenvalue weighted by atomic mass is 16.5. The van der Waals surface area contributed by atoms with Gasteiger partial charge in [-0.05, 0) is 26.9 Å². The molecule has 0 aliphatic carbocycles. The number of hydrogen-bond donors (Lipinski definition) is 1. The molecule has 2 rings (SSSR count). The van der Waals surface area contributed by atoms with E-state index in [9.17, 15) is 4.79 Å². The lowest BCUT2D eigenvalue weighted by molar-refractivity contribution is -0.134. The molecule has 2 heterocycles. The van der Waals surface area contributed by atoms with Gasteiger partial charge in [-0.1, -0.05) is 0 Å². The van der Waals surface area contributed by atoms with Crippen LogP contribution in [0.4, 0.5) is 0 Å². The van der Waals surface area contributed by atoms with Gasteiger partial charge in [-0.25, -0.2) is 0 Å². The Labute approximate surface area is 109 Å². The molecule has 1 amide bonds. The fraction of sp³-hybridized carbons (Fsp3) is 0.923. The van der Waals surface area contributed by atoms with E-state index in [2.05, 4.69) is 24.3 Å². The van der Waals surface area contributed by atoms with Crippen LogP contribution < -0.4 is 5.32 Å². The van der Waals surface area contributed by atoms with E-state index in [0.29, 0.717) is 19.1 Å². The summed E-state index contributed by atoms with van der Waals surface area (Å²) in [5, 5.41) is 3.34. The predicted molar refractivity (Wildman–Crippen MR) is 70.5 cm³/mol. The van der Waals surface area contributed by atoms with E-state index in [1.54, 1.807) is 0 Å². The van der Waals surface area contributed by atoms with Gasteiger partial charge in [0, 0.05) is 38.1 Å². The quantitative estimate of drug-likeness (QED) is 0.766. The second-order valence-electron chi connectivity index (χ2n) is 5.53. The second-order valence-corrected chi connectivity index (χ2v) is 5.53. The second kappa shape index (κ2) is 6.50. The molecule has 0 aromatic heterocycles. The Bertz CT molecular complexity index is 277. The van der Waals surface area contributed by atoms with Gasteiger partial charge in [0.1, 0.15) is 0 Å². The van der Waals surface area contributed by atoms with Crippen LogP contribution in [0.5, 0.6) is 0 Å². The molecule has 5 heteroatoms. The summed E-state index contributed by atoms with van der Waals surface area (Å²) in [4.78, 5) is 16.5. The molecule has 0 spiro atoms. The van der Waals surface area contributed by atoms with Crippen molar-refractivity contribution in [3.8, 4) is 0 Å². The topological polar surface area (TPSA) is 44.8 Å². The number of rotatable bonds is 3. The fourth-order valence-corrected chi connectivity index (χ4v) is 2.69. The normalized spacial score (nSPS) is 29.6. The number of amides is 1. The van der Waals surface area contributed by atoms with Gasteiger partial charge in [0.25, 0.3) is 0 Å². The number of likely N-dealkylation sites (tertiary alicyclic amines) is 1. The first-order chi connectivity index (χ1) is 8.66. The van der Waals surface area contributed by atoms with Crippen LogP contribution >= 0.6 is 0 Å².